The van der Waals surface area contributed by atoms with Gasteiger partial charge in [-0.05, 0) is 31.3 Å². The maximum Gasteiger partial charge on any atom is 0.141 e. The van der Waals surface area contributed by atoms with Crippen LogP contribution in [0.5, 0.6) is 0 Å². The van der Waals surface area contributed by atoms with Crippen LogP contribution in [0.1, 0.15) is 0 Å². The Balaban J connectivity index is 1.45. The zero-order valence-electron chi connectivity index (χ0n) is 14.1. The van der Waals surface area contributed by atoms with E-state index in [1.54, 1.807) is 17.5 Å². The van der Waals surface area contributed by atoms with E-state index < -0.39 is 0 Å². The highest BCUT2D eigenvalue weighted by atomic mass is 32.1. The molecule has 3 aromatic heterocycles. The molecule has 0 amide bonds. The molecule has 0 atom stereocenters. The number of thiazole rings is 1. The average Bonchev–Trinajstić information content (AvgIpc) is 3.18. The number of nitrogens with zero attached hydrogens (tertiary/aromatic N) is 5. The topological polar surface area (TPSA) is 57.2 Å². The van der Waals surface area contributed by atoms with Crippen LogP contribution >= 0.6 is 11.3 Å². The summed E-state index contributed by atoms with van der Waals surface area (Å²) in [7, 11) is 2.16. The van der Waals surface area contributed by atoms with E-state index >= 15 is 0 Å². The molecule has 0 aliphatic carbocycles. The Morgan fingerprint density at radius 3 is 2.60 bits per heavy atom. The molecule has 7 heteroatoms. The average molecular weight is 352 g/mol. The van der Waals surface area contributed by atoms with Crippen molar-refractivity contribution in [1.82, 2.24) is 19.9 Å². The highest BCUT2D eigenvalue weighted by Gasteiger charge is 2.14. The second-order valence-electron chi connectivity index (χ2n) is 6.06. The monoisotopic (exact) mass is 352 g/mol. The van der Waals surface area contributed by atoms with Gasteiger partial charge in [0.1, 0.15) is 22.3 Å². The van der Waals surface area contributed by atoms with Gasteiger partial charge in [-0.15, -0.1) is 11.3 Å². The summed E-state index contributed by atoms with van der Waals surface area (Å²) in [5.74, 6) is 1.56. The third kappa shape index (κ3) is 3.78. The summed E-state index contributed by atoms with van der Waals surface area (Å²) >= 11 is 1.58. The summed E-state index contributed by atoms with van der Waals surface area (Å²) in [5, 5.41) is 6.14. The summed E-state index contributed by atoms with van der Waals surface area (Å²) in [6.45, 7) is 4.27. The number of hydrogen-bond donors (Lipinski definition) is 1. The zero-order chi connectivity index (χ0) is 17.1. The molecule has 0 radical (unpaired) electrons. The molecule has 1 fully saturated rings. The molecule has 4 heterocycles. The fraction of sp³-hybridized carbons (Fsp3) is 0.278. The van der Waals surface area contributed by atoms with Gasteiger partial charge in [0.05, 0.1) is 11.9 Å². The minimum Gasteiger partial charge on any atom is -0.368 e. The van der Waals surface area contributed by atoms with E-state index in [2.05, 4.69) is 43.2 Å². The Kier molecular flexibility index (Phi) is 4.58. The lowest BCUT2D eigenvalue weighted by Crippen LogP contribution is -2.44. The molecule has 4 rings (SSSR count). The van der Waals surface area contributed by atoms with Crippen LogP contribution in [-0.2, 0) is 0 Å². The second kappa shape index (κ2) is 7.16. The molecular formula is C18H20N6S. The van der Waals surface area contributed by atoms with E-state index in [1.165, 1.54) is 5.69 Å². The van der Waals surface area contributed by atoms with Gasteiger partial charge in [-0.3, -0.25) is 0 Å². The first-order valence-electron chi connectivity index (χ1n) is 8.31. The molecule has 3 aromatic rings. The Hall–Kier alpha value is -2.51. The minimum atomic E-state index is 0.771. The van der Waals surface area contributed by atoms with E-state index in [1.807, 2.05) is 35.8 Å². The SMILES string of the molecule is CN1CCN(c2ccc(Nc3cccc(-c4nccs4)n3)nc2)CC1. The van der Waals surface area contributed by atoms with Gasteiger partial charge in [0, 0.05) is 37.8 Å². The third-order valence-corrected chi connectivity index (χ3v) is 5.07. The molecule has 1 saturated heterocycles. The quantitative estimate of drug-likeness (QED) is 0.779. The van der Waals surface area contributed by atoms with Gasteiger partial charge in [-0.1, -0.05) is 6.07 Å². The van der Waals surface area contributed by atoms with Crippen LogP contribution in [0.25, 0.3) is 10.7 Å². The van der Waals surface area contributed by atoms with Crippen molar-refractivity contribution in [3.8, 4) is 10.7 Å². The van der Waals surface area contributed by atoms with Gasteiger partial charge in [0.15, 0.2) is 0 Å². The number of likely N-dealkylation sites (N-methyl/N-ethyl adjacent to an activating group) is 1. The van der Waals surface area contributed by atoms with E-state index in [0.29, 0.717) is 0 Å². The lowest BCUT2D eigenvalue weighted by molar-refractivity contribution is 0.313. The lowest BCUT2D eigenvalue weighted by Gasteiger charge is -2.33. The summed E-state index contributed by atoms with van der Waals surface area (Å²) < 4.78 is 0. The molecule has 1 aliphatic rings. The number of anilines is 3. The number of rotatable bonds is 4. The highest BCUT2D eigenvalue weighted by molar-refractivity contribution is 7.13. The van der Waals surface area contributed by atoms with Gasteiger partial charge in [-0.25, -0.2) is 15.0 Å². The van der Waals surface area contributed by atoms with Gasteiger partial charge in [0.25, 0.3) is 0 Å². The number of hydrogen-bond acceptors (Lipinski definition) is 7. The highest BCUT2D eigenvalue weighted by Crippen LogP contribution is 2.23. The maximum absolute atomic E-state index is 4.61. The van der Waals surface area contributed by atoms with Crippen molar-refractivity contribution < 1.29 is 0 Å². The summed E-state index contributed by atoms with van der Waals surface area (Å²) in [5.41, 5.74) is 2.04. The third-order valence-electron chi connectivity index (χ3n) is 4.27. The summed E-state index contributed by atoms with van der Waals surface area (Å²) in [6, 6.07) is 10.0. The van der Waals surface area contributed by atoms with Crippen LogP contribution in [-0.4, -0.2) is 53.1 Å². The van der Waals surface area contributed by atoms with Crippen molar-refractivity contribution in [2.75, 3.05) is 43.4 Å². The van der Waals surface area contributed by atoms with Crippen LogP contribution < -0.4 is 10.2 Å². The number of piperazine rings is 1. The molecule has 128 valence electrons. The van der Waals surface area contributed by atoms with Crippen molar-refractivity contribution in [3.05, 3.63) is 48.1 Å². The molecule has 0 unspecified atom stereocenters. The van der Waals surface area contributed by atoms with Crippen molar-refractivity contribution >= 4 is 28.7 Å². The number of aromatic nitrogens is 3. The molecule has 0 spiro atoms. The normalized spacial score (nSPS) is 15.3. The lowest BCUT2D eigenvalue weighted by atomic mass is 10.3. The summed E-state index contributed by atoms with van der Waals surface area (Å²) in [4.78, 5) is 18.2. The molecule has 1 aliphatic heterocycles. The van der Waals surface area contributed by atoms with Gasteiger partial charge < -0.3 is 15.1 Å². The fourth-order valence-corrected chi connectivity index (χ4v) is 3.42. The second-order valence-corrected chi connectivity index (χ2v) is 6.96. The van der Waals surface area contributed by atoms with E-state index in [4.69, 9.17) is 0 Å². The predicted molar refractivity (Wildman–Crippen MR) is 103 cm³/mol. The molecule has 6 nitrogen and oxygen atoms in total. The number of pyridine rings is 2. The Morgan fingerprint density at radius 2 is 1.88 bits per heavy atom. The molecular weight excluding hydrogens is 332 g/mol. The first-order chi connectivity index (χ1) is 12.3. The van der Waals surface area contributed by atoms with Crippen LogP contribution in [0.4, 0.5) is 17.3 Å². The van der Waals surface area contributed by atoms with Crippen molar-refractivity contribution in [1.29, 1.82) is 0 Å². The van der Waals surface area contributed by atoms with Crippen LogP contribution in [0, 0.1) is 0 Å². The van der Waals surface area contributed by atoms with Crippen molar-refractivity contribution in [2.24, 2.45) is 0 Å². The predicted octanol–water partition coefficient (Wildman–Crippen LogP) is 3.10. The minimum absolute atomic E-state index is 0.771. The first-order valence-corrected chi connectivity index (χ1v) is 9.19. The van der Waals surface area contributed by atoms with Crippen LogP contribution in [0.2, 0.25) is 0 Å². The summed E-state index contributed by atoms with van der Waals surface area (Å²) in [6.07, 6.45) is 3.72. The number of nitrogens with one attached hydrogen (secondary N) is 1. The van der Waals surface area contributed by atoms with Crippen molar-refractivity contribution in [2.45, 2.75) is 0 Å². The van der Waals surface area contributed by atoms with E-state index in [9.17, 15) is 0 Å². The van der Waals surface area contributed by atoms with Gasteiger partial charge in [-0.2, -0.15) is 0 Å². The molecule has 1 N–H and O–H groups in total. The van der Waals surface area contributed by atoms with Crippen molar-refractivity contribution in [3.63, 3.8) is 0 Å². The first kappa shape index (κ1) is 16.0. The maximum atomic E-state index is 4.61. The Bertz CT molecular complexity index is 810. The largest absolute Gasteiger partial charge is 0.368 e. The van der Waals surface area contributed by atoms with Gasteiger partial charge in [0.2, 0.25) is 0 Å². The van der Waals surface area contributed by atoms with Crippen LogP contribution in [0.15, 0.2) is 48.1 Å². The van der Waals surface area contributed by atoms with Crippen LogP contribution in [0.3, 0.4) is 0 Å². The molecule has 0 saturated carbocycles. The molecule has 0 aromatic carbocycles. The van der Waals surface area contributed by atoms with E-state index in [-0.39, 0.29) is 0 Å². The Morgan fingerprint density at radius 1 is 1.00 bits per heavy atom. The van der Waals surface area contributed by atoms with E-state index in [0.717, 1.165) is 48.5 Å². The molecule has 0 bridgehead atoms. The fourth-order valence-electron chi connectivity index (χ4n) is 2.82. The standard InChI is InChI=1S/C18H20N6S/c1-23-8-10-24(11-9-23)14-5-6-16(20-13-14)22-17-4-2-3-15(21-17)18-19-7-12-25-18/h2-7,12-13H,8-11H2,1H3,(H,20,21,22). The van der Waals surface area contributed by atoms with Gasteiger partial charge >= 0.3 is 0 Å². The Labute approximate surface area is 151 Å². The smallest absolute Gasteiger partial charge is 0.141 e. The molecule has 25 heavy (non-hydrogen) atoms. The zero-order valence-corrected chi connectivity index (χ0v) is 14.9.